The van der Waals surface area contributed by atoms with Crippen LogP contribution in [-0.2, 0) is 12.0 Å². The number of thiophene rings is 1. The molecule has 12 heavy (non-hydrogen) atoms. The highest BCUT2D eigenvalue weighted by atomic mass is 32.1. The van der Waals surface area contributed by atoms with Crippen molar-refractivity contribution in [3.05, 3.63) is 21.9 Å². The van der Waals surface area contributed by atoms with Gasteiger partial charge in [0.1, 0.15) is 0 Å². The van der Waals surface area contributed by atoms with Crippen LogP contribution in [0.5, 0.6) is 0 Å². The van der Waals surface area contributed by atoms with Crippen LogP contribution in [0.3, 0.4) is 0 Å². The molecule has 0 amide bonds. The first kappa shape index (κ1) is 8.23. The normalized spacial score (nSPS) is 27.5. The van der Waals surface area contributed by atoms with Crippen molar-refractivity contribution in [1.82, 2.24) is 0 Å². The zero-order valence-electron chi connectivity index (χ0n) is 6.92. The summed E-state index contributed by atoms with van der Waals surface area (Å²) in [6.07, 6.45) is 2.56. The molecule has 0 fully saturated rings. The van der Waals surface area contributed by atoms with Crippen molar-refractivity contribution in [1.29, 1.82) is 0 Å². The maximum Gasteiger partial charge on any atom is 0.0922 e. The Morgan fingerprint density at radius 3 is 3.25 bits per heavy atom. The minimum atomic E-state index is -0.607. The van der Waals surface area contributed by atoms with Gasteiger partial charge in [-0.2, -0.15) is 0 Å². The Hall–Kier alpha value is -0.380. The number of rotatable bonds is 2. The van der Waals surface area contributed by atoms with Crippen molar-refractivity contribution in [2.75, 3.05) is 6.54 Å². The molecule has 1 aromatic heterocycles. The van der Waals surface area contributed by atoms with Crippen molar-refractivity contribution < 1.29 is 5.11 Å². The third-order valence-electron chi connectivity index (χ3n) is 2.57. The number of hydrogen-bond donors (Lipinski definition) is 2. The molecule has 66 valence electrons. The summed E-state index contributed by atoms with van der Waals surface area (Å²) in [5.74, 6) is 0. The van der Waals surface area contributed by atoms with E-state index in [2.05, 4.69) is 0 Å². The van der Waals surface area contributed by atoms with Gasteiger partial charge >= 0.3 is 0 Å². The van der Waals surface area contributed by atoms with Crippen LogP contribution in [0.15, 0.2) is 11.4 Å². The predicted octanol–water partition coefficient (Wildman–Crippen LogP) is 1.23. The van der Waals surface area contributed by atoms with E-state index < -0.39 is 5.60 Å². The molecular formula is C9H13NOS. The van der Waals surface area contributed by atoms with Crippen LogP contribution in [0.4, 0.5) is 0 Å². The summed E-state index contributed by atoms with van der Waals surface area (Å²) in [5.41, 5.74) is 5.98. The first-order valence-corrected chi connectivity index (χ1v) is 5.13. The minimum absolute atomic E-state index is 0.561. The number of fused-ring (bicyclic) bond motifs is 1. The summed E-state index contributed by atoms with van der Waals surface area (Å²) in [4.78, 5) is 1.34. The highest BCUT2D eigenvalue weighted by Gasteiger charge is 2.36. The molecule has 0 spiro atoms. The molecule has 2 rings (SSSR count). The fourth-order valence-corrected chi connectivity index (χ4v) is 2.88. The van der Waals surface area contributed by atoms with Crippen molar-refractivity contribution >= 4 is 11.3 Å². The van der Waals surface area contributed by atoms with Crippen LogP contribution >= 0.6 is 11.3 Å². The molecule has 1 aliphatic carbocycles. The number of hydrogen-bond acceptors (Lipinski definition) is 3. The Morgan fingerprint density at radius 1 is 1.67 bits per heavy atom. The van der Waals surface area contributed by atoms with Gasteiger partial charge in [-0.15, -0.1) is 11.3 Å². The summed E-state index contributed by atoms with van der Waals surface area (Å²) in [7, 11) is 0. The molecule has 0 saturated carbocycles. The van der Waals surface area contributed by atoms with Gasteiger partial charge < -0.3 is 10.8 Å². The quantitative estimate of drug-likeness (QED) is 0.724. The van der Waals surface area contributed by atoms with E-state index >= 15 is 0 Å². The molecule has 1 unspecified atom stereocenters. The van der Waals surface area contributed by atoms with Crippen LogP contribution in [0.1, 0.15) is 23.3 Å². The average molecular weight is 183 g/mol. The van der Waals surface area contributed by atoms with Gasteiger partial charge in [0.25, 0.3) is 0 Å². The monoisotopic (exact) mass is 183 g/mol. The van der Waals surface area contributed by atoms with Gasteiger partial charge in [-0.1, -0.05) is 0 Å². The molecule has 1 aromatic rings. The van der Waals surface area contributed by atoms with Gasteiger partial charge in [-0.3, -0.25) is 0 Å². The van der Waals surface area contributed by atoms with Gasteiger partial charge in [0, 0.05) is 4.88 Å². The van der Waals surface area contributed by atoms with Crippen molar-refractivity contribution in [2.24, 2.45) is 5.73 Å². The van der Waals surface area contributed by atoms with E-state index in [4.69, 9.17) is 5.73 Å². The zero-order chi connectivity index (χ0) is 8.60. The molecular weight excluding hydrogens is 170 g/mol. The first-order chi connectivity index (χ1) is 5.76. The van der Waals surface area contributed by atoms with Crippen molar-refractivity contribution in [3.63, 3.8) is 0 Å². The molecule has 0 saturated heterocycles. The predicted molar refractivity (Wildman–Crippen MR) is 50.2 cm³/mol. The SMILES string of the molecule is NCCC1(O)CCc2sccc21. The van der Waals surface area contributed by atoms with Crippen LogP contribution in [0, 0.1) is 0 Å². The van der Waals surface area contributed by atoms with E-state index in [0.717, 1.165) is 18.4 Å². The Kier molecular flexibility index (Phi) is 1.94. The van der Waals surface area contributed by atoms with Gasteiger partial charge in [0.15, 0.2) is 0 Å². The van der Waals surface area contributed by atoms with E-state index in [1.54, 1.807) is 11.3 Å². The summed E-state index contributed by atoms with van der Waals surface area (Å²) in [6, 6.07) is 2.03. The van der Waals surface area contributed by atoms with E-state index in [9.17, 15) is 5.11 Å². The Labute approximate surface area is 76.0 Å². The lowest BCUT2D eigenvalue weighted by Gasteiger charge is -2.21. The molecule has 3 heteroatoms. The van der Waals surface area contributed by atoms with Crippen LogP contribution in [0.2, 0.25) is 0 Å². The van der Waals surface area contributed by atoms with Crippen LogP contribution < -0.4 is 5.73 Å². The summed E-state index contributed by atoms with van der Waals surface area (Å²) in [5, 5.41) is 12.2. The van der Waals surface area contributed by atoms with Gasteiger partial charge in [-0.05, 0) is 42.8 Å². The maximum atomic E-state index is 10.2. The van der Waals surface area contributed by atoms with E-state index in [1.165, 1.54) is 4.88 Å². The highest BCUT2D eigenvalue weighted by molar-refractivity contribution is 7.10. The number of nitrogens with two attached hydrogens (primary N) is 1. The fraction of sp³-hybridized carbons (Fsp3) is 0.556. The lowest BCUT2D eigenvalue weighted by atomic mass is 9.94. The minimum Gasteiger partial charge on any atom is -0.385 e. The van der Waals surface area contributed by atoms with Crippen LogP contribution in [-0.4, -0.2) is 11.7 Å². The van der Waals surface area contributed by atoms with E-state index in [-0.39, 0.29) is 0 Å². The van der Waals surface area contributed by atoms with Crippen molar-refractivity contribution in [2.45, 2.75) is 24.9 Å². The van der Waals surface area contributed by atoms with Crippen molar-refractivity contribution in [3.8, 4) is 0 Å². The smallest absolute Gasteiger partial charge is 0.0922 e. The standard InChI is InChI=1S/C9H13NOS/c10-5-4-9(11)3-1-8-7(9)2-6-12-8/h2,6,11H,1,3-5,10H2. The third kappa shape index (κ3) is 1.09. The summed E-state index contributed by atoms with van der Waals surface area (Å²) in [6.45, 7) is 0.561. The Bertz CT molecular complexity index is 284. The Morgan fingerprint density at radius 2 is 2.50 bits per heavy atom. The number of aryl methyl sites for hydroxylation is 1. The molecule has 3 N–H and O–H groups in total. The lowest BCUT2D eigenvalue weighted by Crippen LogP contribution is -2.25. The molecule has 0 aliphatic heterocycles. The fourth-order valence-electron chi connectivity index (χ4n) is 1.90. The molecule has 1 aliphatic rings. The number of aliphatic hydroxyl groups is 1. The molecule has 0 aromatic carbocycles. The second kappa shape index (κ2) is 2.83. The molecule has 0 radical (unpaired) electrons. The summed E-state index contributed by atoms with van der Waals surface area (Å²) >= 11 is 1.74. The van der Waals surface area contributed by atoms with E-state index in [1.807, 2.05) is 11.4 Å². The van der Waals surface area contributed by atoms with Gasteiger partial charge in [0.2, 0.25) is 0 Å². The molecule has 1 atom stereocenters. The first-order valence-electron chi connectivity index (χ1n) is 4.25. The van der Waals surface area contributed by atoms with Crippen LogP contribution in [0.25, 0.3) is 0 Å². The molecule has 0 bridgehead atoms. The third-order valence-corrected chi connectivity index (χ3v) is 3.55. The second-order valence-corrected chi connectivity index (χ2v) is 4.33. The topological polar surface area (TPSA) is 46.2 Å². The maximum absolute atomic E-state index is 10.2. The molecule has 2 nitrogen and oxygen atoms in total. The second-order valence-electron chi connectivity index (χ2n) is 3.33. The Balaban J connectivity index is 2.31. The summed E-state index contributed by atoms with van der Waals surface area (Å²) < 4.78 is 0. The lowest BCUT2D eigenvalue weighted by molar-refractivity contribution is 0.0321. The van der Waals surface area contributed by atoms with Gasteiger partial charge in [0.05, 0.1) is 5.60 Å². The zero-order valence-corrected chi connectivity index (χ0v) is 7.73. The largest absolute Gasteiger partial charge is 0.385 e. The average Bonchev–Trinajstić information content (AvgIpc) is 2.57. The van der Waals surface area contributed by atoms with Gasteiger partial charge in [-0.25, -0.2) is 0 Å². The highest BCUT2D eigenvalue weighted by Crippen LogP contribution is 2.41. The van der Waals surface area contributed by atoms with E-state index in [0.29, 0.717) is 13.0 Å². The molecule has 1 heterocycles.